The van der Waals surface area contributed by atoms with Crippen LogP contribution in [0.3, 0.4) is 0 Å². The van der Waals surface area contributed by atoms with E-state index >= 15 is 0 Å². The van der Waals surface area contributed by atoms with Gasteiger partial charge in [0.1, 0.15) is 0 Å². The van der Waals surface area contributed by atoms with Crippen LogP contribution in [0.5, 0.6) is 0 Å². The van der Waals surface area contributed by atoms with Crippen LogP contribution in [0.1, 0.15) is 0 Å². The molecule has 7 heteroatoms. The van der Waals surface area contributed by atoms with Gasteiger partial charge in [0.15, 0.2) is 11.5 Å². The van der Waals surface area contributed by atoms with Crippen LogP contribution in [0.2, 0.25) is 0 Å². The Balaban J connectivity index is 2.62. The first kappa shape index (κ1) is 8.54. The molecule has 0 unspecified atom stereocenters. The fourth-order valence-electron chi connectivity index (χ4n) is 1.39. The van der Waals surface area contributed by atoms with Gasteiger partial charge < -0.3 is 16.0 Å². The third kappa shape index (κ3) is 1.18. The zero-order chi connectivity index (χ0) is 10.1. The Morgan fingerprint density at radius 3 is 3.07 bits per heavy atom. The largest absolute Gasteiger partial charge is 0.369 e. The van der Waals surface area contributed by atoms with E-state index < -0.39 is 5.56 Å². The Bertz CT molecular complexity index is 427. The predicted octanol–water partition coefficient (Wildman–Crippen LogP) is -1.26. The van der Waals surface area contributed by atoms with Gasteiger partial charge >= 0.3 is 0 Å². The average molecular weight is 195 g/mol. The molecule has 14 heavy (non-hydrogen) atoms. The van der Waals surface area contributed by atoms with Crippen molar-refractivity contribution >= 4 is 23.9 Å². The Kier molecular flexibility index (Phi) is 1.84. The predicted molar refractivity (Wildman–Crippen MR) is 51.2 cm³/mol. The van der Waals surface area contributed by atoms with Crippen molar-refractivity contribution in [3.63, 3.8) is 0 Å². The van der Waals surface area contributed by atoms with E-state index in [-0.39, 0.29) is 11.6 Å². The molecule has 1 aliphatic heterocycles. The Morgan fingerprint density at radius 2 is 2.36 bits per heavy atom. The molecule has 0 saturated carbocycles. The quantitative estimate of drug-likeness (QED) is 0.485. The number of carbonyl (C=O) groups excluding carboxylic acids is 1. The van der Waals surface area contributed by atoms with Crippen molar-refractivity contribution in [1.29, 1.82) is 0 Å². The standard InChI is InChI=1S/C7H9N5O2/c8-7-10-5-4(6(14)11-7)12(3-13)2-1-9-5/h3H,1-2H2,(H4,8,9,10,11,14). The van der Waals surface area contributed by atoms with E-state index in [0.717, 1.165) is 0 Å². The summed E-state index contributed by atoms with van der Waals surface area (Å²) < 4.78 is 0. The van der Waals surface area contributed by atoms with E-state index in [1.165, 1.54) is 4.90 Å². The molecule has 4 N–H and O–H groups in total. The summed E-state index contributed by atoms with van der Waals surface area (Å²) >= 11 is 0. The number of nitrogens with two attached hydrogens (primary N) is 1. The van der Waals surface area contributed by atoms with Crippen molar-refractivity contribution in [2.24, 2.45) is 0 Å². The molecule has 0 aliphatic carbocycles. The lowest BCUT2D eigenvalue weighted by Crippen LogP contribution is -2.38. The molecule has 7 nitrogen and oxygen atoms in total. The van der Waals surface area contributed by atoms with E-state index in [4.69, 9.17) is 5.73 Å². The van der Waals surface area contributed by atoms with Crippen LogP contribution < -0.4 is 21.5 Å². The number of amides is 1. The van der Waals surface area contributed by atoms with Gasteiger partial charge in [0.25, 0.3) is 5.56 Å². The summed E-state index contributed by atoms with van der Waals surface area (Å²) in [5.74, 6) is 0.388. The van der Waals surface area contributed by atoms with Crippen LogP contribution >= 0.6 is 0 Å². The van der Waals surface area contributed by atoms with E-state index in [1.54, 1.807) is 0 Å². The van der Waals surface area contributed by atoms with E-state index in [0.29, 0.717) is 25.3 Å². The van der Waals surface area contributed by atoms with Crippen LogP contribution in [0.25, 0.3) is 0 Å². The molecule has 0 atom stereocenters. The monoisotopic (exact) mass is 195 g/mol. The second kappa shape index (κ2) is 3.02. The van der Waals surface area contributed by atoms with Crippen LogP contribution in [-0.2, 0) is 4.79 Å². The maximum absolute atomic E-state index is 11.4. The SMILES string of the molecule is Nc1nc2c(c(=O)[nH]1)N(C=O)CCN2. The zero-order valence-electron chi connectivity index (χ0n) is 7.28. The molecule has 74 valence electrons. The molecule has 0 fully saturated rings. The number of hydrogen-bond donors (Lipinski definition) is 3. The normalized spacial score (nSPS) is 14.4. The summed E-state index contributed by atoms with van der Waals surface area (Å²) in [6, 6.07) is 0. The molecule has 1 amide bonds. The molecule has 2 rings (SSSR count). The number of aromatic nitrogens is 2. The average Bonchev–Trinajstić information content (AvgIpc) is 2.16. The molecule has 1 aromatic heterocycles. The molecule has 0 spiro atoms. The summed E-state index contributed by atoms with van der Waals surface area (Å²) in [5.41, 5.74) is 5.17. The van der Waals surface area contributed by atoms with Gasteiger partial charge in [-0.2, -0.15) is 4.98 Å². The summed E-state index contributed by atoms with van der Waals surface area (Å²) in [5, 5.41) is 2.90. The van der Waals surface area contributed by atoms with E-state index in [2.05, 4.69) is 15.3 Å². The van der Waals surface area contributed by atoms with Crippen LogP contribution in [0.15, 0.2) is 4.79 Å². The highest BCUT2D eigenvalue weighted by Gasteiger charge is 2.20. The van der Waals surface area contributed by atoms with Crippen molar-refractivity contribution in [3.8, 4) is 0 Å². The minimum Gasteiger partial charge on any atom is -0.369 e. The lowest BCUT2D eigenvalue weighted by molar-refractivity contribution is -0.107. The molecule has 0 bridgehead atoms. The van der Waals surface area contributed by atoms with Gasteiger partial charge in [0.05, 0.1) is 0 Å². The van der Waals surface area contributed by atoms with Crippen LogP contribution in [0.4, 0.5) is 17.5 Å². The molecular formula is C7H9N5O2. The molecule has 1 aromatic rings. The molecular weight excluding hydrogens is 186 g/mol. The number of rotatable bonds is 1. The minimum atomic E-state index is -0.410. The Labute approximate surface area is 78.9 Å². The third-order valence-corrected chi connectivity index (χ3v) is 1.97. The molecule has 0 saturated heterocycles. The van der Waals surface area contributed by atoms with E-state index in [1.807, 2.05) is 0 Å². The fraction of sp³-hybridized carbons (Fsp3) is 0.286. The molecule has 0 radical (unpaired) electrons. The fourth-order valence-corrected chi connectivity index (χ4v) is 1.39. The first-order valence-electron chi connectivity index (χ1n) is 4.08. The minimum absolute atomic E-state index is 0.0361. The number of hydrogen-bond acceptors (Lipinski definition) is 5. The topological polar surface area (TPSA) is 104 Å². The van der Waals surface area contributed by atoms with Crippen LogP contribution in [0, 0.1) is 0 Å². The highest BCUT2D eigenvalue weighted by atomic mass is 16.1. The van der Waals surface area contributed by atoms with Gasteiger partial charge in [-0.1, -0.05) is 0 Å². The number of nitrogens with zero attached hydrogens (tertiary/aromatic N) is 2. The lowest BCUT2D eigenvalue weighted by atomic mass is 10.3. The van der Waals surface area contributed by atoms with Crippen molar-refractivity contribution in [2.45, 2.75) is 0 Å². The third-order valence-electron chi connectivity index (χ3n) is 1.97. The number of nitrogens with one attached hydrogen (secondary N) is 2. The maximum atomic E-state index is 11.4. The van der Waals surface area contributed by atoms with Crippen molar-refractivity contribution in [2.75, 3.05) is 29.0 Å². The highest BCUT2D eigenvalue weighted by Crippen LogP contribution is 2.20. The van der Waals surface area contributed by atoms with Crippen molar-refractivity contribution in [3.05, 3.63) is 10.4 Å². The van der Waals surface area contributed by atoms with Gasteiger partial charge in [-0.25, -0.2) is 0 Å². The number of fused-ring (bicyclic) bond motifs is 1. The van der Waals surface area contributed by atoms with Crippen molar-refractivity contribution < 1.29 is 4.79 Å². The molecule has 2 heterocycles. The lowest BCUT2D eigenvalue weighted by Gasteiger charge is -2.24. The number of carbonyl (C=O) groups is 1. The van der Waals surface area contributed by atoms with Crippen LogP contribution in [-0.4, -0.2) is 29.5 Å². The number of anilines is 3. The Morgan fingerprint density at radius 1 is 1.57 bits per heavy atom. The number of aromatic amines is 1. The summed E-state index contributed by atoms with van der Waals surface area (Å²) in [6.45, 7) is 1.01. The first-order valence-corrected chi connectivity index (χ1v) is 4.08. The number of nitrogen functional groups attached to an aromatic ring is 1. The first-order chi connectivity index (χ1) is 6.72. The van der Waals surface area contributed by atoms with Crippen molar-refractivity contribution in [1.82, 2.24) is 9.97 Å². The summed E-state index contributed by atoms with van der Waals surface area (Å²) in [7, 11) is 0. The maximum Gasteiger partial charge on any atom is 0.278 e. The van der Waals surface area contributed by atoms with Gasteiger partial charge in [0.2, 0.25) is 12.4 Å². The second-order valence-electron chi connectivity index (χ2n) is 2.87. The molecule has 1 aliphatic rings. The second-order valence-corrected chi connectivity index (χ2v) is 2.87. The molecule has 0 aromatic carbocycles. The Hall–Kier alpha value is -2.05. The van der Waals surface area contributed by atoms with Gasteiger partial charge in [-0.3, -0.25) is 14.6 Å². The van der Waals surface area contributed by atoms with E-state index in [9.17, 15) is 9.59 Å². The van der Waals surface area contributed by atoms with Gasteiger partial charge in [-0.15, -0.1) is 0 Å². The smallest absolute Gasteiger partial charge is 0.278 e. The zero-order valence-corrected chi connectivity index (χ0v) is 7.28. The summed E-state index contributed by atoms with van der Waals surface area (Å²) in [6.07, 6.45) is 0.604. The highest BCUT2D eigenvalue weighted by molar-refractivity contribution is 5.83. The summed E-state index contributed by atoms with van der Waals surface area (Å²) in [4.78, 5) is 29.6. The number of H-pyrrole nitrogens is 1. The van der Waals surface area contributed by atoms with Gasteiger partial charge in [-0.05, 0) is 0 Å². The van der Waals surface area contributed by atoms with Gasteiger partial charge in [0, 0.05) is 13.1 Å².